The summed E-state index contributed by atoms with van der Waals surface area (Å²) in [4.78, 5) is 12.1. The fourth-order valence-corrected chi connectivity index (χ4v) is 2.90. The maximum atomic E-state index is 11.8. The summed E-state index contributed by atoms with van der Waals surface area (Å²) in [6.45, 7) is 10.3. The van der Waals surface area contributed by atoms with E-state index in [0.717, 1.165) is 24.8 Å². The van der Waals surface area contributed by atoms with Crippen LogP contribution in [0.2, 0.25) is 0 Å². The lowest BCUT2D eigenvalue weighted by Crippen LogP contribution is -2.16. The first-order valence-electron chi connectivity index (χ1n) is 6.04. The zero-order chi connectivity index (χ0) is 13.1. The molecule has 2 heteroatoms. The van der Waals surface area contributed by atoms with Gasteiger partial charge in [0.25, 0.3) is 0 Å². The van der Waals surface area contributed by atoms with Crippen LogP contribution in [0, 0.1) is 5.41 Å². The van der Waals surface area contributed by atoms with Crippen molar-refractivity contribution >= 4 is 21.7 Å². The van der Waals surface area contributed by atoms with E-state index in [4.69, 9.17) is 0 Å². The Morgan fingerprint density at radius 1 is 1.47 bits per heavy atom. The summed E-state index contributed by atoms with van der Waals surface area (Å²) in [6.07, 6.45) is 8.53. The molecule has 1 unspecified atom stereocenters. The van der Waals surface area contributed by atoms with Crippen LogP contribution in [0.3, 0.4) is 0 Å². The minimum absolute atomic E-state index is 0.0113. The van der Waals surface area contributed by atoms with E-state index in [0.29, 0.717) is 4.83 Å². The van der Waals surface area contributed by atoms with Crippen molar-refractivity contribution in [2.45, 2.75) is 44.9 Å². The molecule has 1 atom stereocenters. The van der Waals surface area contributed by atoms with E-state index in [2.05, 4.69) is 36.4 Å². The fourth-order valence-electron chi connectivity index (χ4n) is 1.84. The summed E-state index contributed by atoms with van der Waals surface area (Å²) in [5.41, 5.74) is 2.06. The summed E-state index contributed by atoms with van der Waals surface area (Å²) in [6, 6.07) is 0. The molecule has 94 valence electrons. The monoisotopic (exact) mass is 296 g/mol. The van der Waals surface area contributed by atoms with E-state index >= 15 is 0 Å². The van der Waals surface area contributed by atoms with Gasteiger partial charge in [0.2, 0.25) is 0 Å². The van der Waals surface area contributed by atoms with Crippen molar-refractivity contribution in [1.82, 2.24) is 0 Å². The zero-order valence-corrected chi connectivity index (χ0v) is 12.5. The van der Waals surface area contributed by atoms with Crippen LogP contribution in [0.5, 0.6) is 0 Å². The van der Waals surface area contributed by atoms with Crippen molar-refractivity contribution in [3.05, 3.63) is 36.0 Å². The van der Waals surface area contributed by atoms with Gasteiger partial charge < -0.3 is 0 Å². The Labute approximate surface area is 113 Å². The Bertz CT molecular complexity index is 374. The van der Waals surface area contributed by atoms with Crippen LogP contribution in [-0.4, -0.2) is 10.6 Å². The molecule has 0 N–H and O–H groups in total. The van der Waals surface area contributed by atoms with Gasteiger partial charge in [-0.1, -0.05) is 54.1 Å². The van der Waals surface area contributed by atoms with Gasteiger partial charge in [-0.05, 0) is 43.3 Å². The van der Waals surface area contributed by atoms with Crippen LogP contribution < -0.4 is 0 Å². The van der Waals surface area contributed by atoms with Crippen molar-refractivity contribution in [2.24, 2.45) is 5.41 Å². The summed E-state index contributed by atoms with van der Waals surface area (Å²) >= 11 is 3.69. The van der Waals surface area contributed by atoms with Crippen molar-refractivity contribution in [3.63, 3.8) is 0 Å². The first-order valence-corrected chi connectivity index (χ1v) is 6.95. The SMILES string of the molecule is C=C1CC/C=C(/C)C(=O)/C=C/C(C)(C)CC1Br. The molecule has 0 saturated carbocycles. The first-order chi connectivity index (χ1) is 7.82. The van der Waals surface area contributed by atoms with Crippen LogP contribution in [0.15, 0.2) is 36.0 Å². The number of halogens is 1. The lowest BCUT2D eigenvalue weighted by molar-refractivity contribution is -0.111. The summed E-state index contributed by atoms with van der Waals surface area (Å²) in [7, 11) is 0. The second kappa shape index (κ2) is 5.81. The minimum atomic E-state index is 0.0113. The molecule has 0 spiro atoms. The normalized spacial score (nSPS) is 31.3. The molecule has 1 aliphatic carbocycles. The molecule has 1 aliphatic rings. The summed E-state index contributed by atoms with van der Waals surface area (Å²) < 4.78 is 0. The van der Waals surface area contributed by atoms with Crippen molar-refractivity contribution in [1.29, 1.82) is 0 Å². The maximum Gasteiger partial charge on any atom is 0.180 e. The van der Waals surface area contributed by atoms with Gasteiger partial charge in [0, 0.05) is 4.83 Å². The second-order valence-corrected chi connectivity index (χ2v) is 6.55. The molecule has 0 heterocycles. The predicted molar refractivity (Wildman–Crippen MR) is 77.4 cm³/mol. The summed E-state index contributed by atoms with van der Waals surface area (Å²) in [5.74, 6) is 0.122. The van der Waals surface area contributed by atoms with Crippen LogP contribution in [0.4, 0.5) is 0 Å². The molecule has 0 fully saturated rings. The standard InChI is InChI=1S/C15H21BrO/c1-11-6-5-7-12(2)14(17)8-9-15(3,4)10-13(11)16/h7-9,13H,1,5-6,10H2,2-4H3/b9-8+,12-7-. The van der Waals surface area contributed by atoms with Gasteiger partial charge in [0.05, 0.1) is 0 Å². The quantitative estimate of drug-likeness (QED) is 0.472. The average Bonchev–Trinajstić information content (AvgIpc) is 2.24. The smallest absolute Gasteiger partial charge is 0.180 e. The predicted octanol–water partition coefficient (Wildman–Crippen LogP) is 4.59. The number of hydrogen-bond acceptors (Lipinski definition) is 1. The van der Waals surface area contributed by atoms with E-state index in [9.17, 15) is 4.79 Å². The highest BCUT2D eigenvalue weighted by atomic mass is 79.9. The highest BCUT2D eigenvalue weighted by Crippen LogP contribution is 2.32. The van der Waals surface area contributed by atoms with Crippen molar-refractivity contribution in [3.8, 4) is 0 Å². The number of carbonyl (C=O) groups is 1. The van der Waals surface area contributed by atoms with Gasteiger partial charge >= 0.3 is 0 Å². The maximum absolute atomic E-state index is 11.8. The molecule has 0 aliphatic heterocycles. The molecular formula is C15H21BrO. The molecule has 0 amide bonds. The Kier molecular flexibility index (Phi) is 4.93. The first kappa shape index (κ1) is 14.4. The van der Waals surface area contributed by atoms with Crippen LogP contribution in [-0.2, 0) is 4.79 Å². The van der Waals surface area contributed by atoms with Gasteiger partial charge in [-0.25, -0.2) is 0 Å². The Morgan fingerprint density at radius 2 is 2.12 bits per heavy atom. The van der Waals surface area contributed by atoms with E-state index in [1.807, 2.05) is 19.1 Å². The van der Waals surface area contributed by atoms with Crippen LogP contribution in [0.1, 0.15) is 40.0 Å². The third-order valence-electron chi connectivity index (χ3n) is 3.14. The van der Waals surface area contributed by atoms with Gasteiger partial charge in [-0.15, -0.1) is 0 Å². The number of allylic oxidation sites excluding steroid dienone is 5. The number of carbonyl (C=O) groups excluding carboxylic acids is 1. The van der Waals surface area contributed by atoms with E-state index < -0.39 is 0 Å². The number of alkyl halides is 1. The third kappa shape index (κ3) is 4.63. The Morgan fingerprint density at radius 3 is 2.76 bits per heavy atom. The highest BCUT2D eigenvalue weighted by Gasteiger charge is 2.21. The van der Waals surface area contributed by atoms with Gasteiger partial charge in [0.1, 0.15) is 0 Å². The van der Waals surface area contributed by atoms with E-state index in [1.54, 1.807) is 6.08 Å². The minimum Gasteiger partial charge on any atom is -0.290 e. The van der Waals surface area contributed by atoms with E-state index in [-0.39, 0.29) is 11.2 Å². The average molecular weight is 297 g/mol. The molecule has 0 saturated heterocycles. The summed E-state index contributed by atoms with van der Waals surface area (Å²) in [5, 5.41) is 0. The molecule has 0 aromatic heterocycles. The van der Waals surface area contributed by atoms with E-state index in [1.165, 1.54) is 5.57 Å². The molecule has 0 radical (unpaired) electrons. The lowest BCUT2D eigenvalue weighted by atomic mass is 9.85. The molecule has 0 aromatic rings. The fraction of sp³-hybridized carbons (Fsp3) is 0.533. The Hall–Kier alpha value is -0.630. The molecule has 0 aromatic carbocycles. The number of rotatable bonds is 0. The molecular weight excluding hydrogens is 276 g/mol. The van der Waals surface area contributed by atoms with Crippen molar-refractivity contribution < 1.29 is 4.79 Å². The third-order valence-corrected chi connectivity index (χ3v) is 4.11. The topological polar surface area (TPSA) is 17.1 Å². The second-order valence-electron chi connectivity index (χ2n) is 5.44. The molecule has 1 nitrogen and oxygen atoms in total. The van der Waals surface area contributed by atoms with Gasteiger partial charge in [-0.3, -0.25) is 4.79 Å². The molecule has 1 rings (SSSR count). The zero-order valence-electron chi connectivity index (χ0n) is 10.9. The van der Waals surface area contributed by atoms with Crippen molar-refractivity contribution in [2.75, 3.05) is 0 Å². The van der Waals surface area contributed by atoms with Gasteiger partial charge in [0.15, 0.2) is 5.78 Å². The lowest BCUT2D eigenvalue weighted by Gasteiger charge is -2.24. The number of ketones is 1. The van der Waals surface area contributed by atoms with Crippen LogP contribution in [0.25, 0.3) is 0 Å². The molecule has 0 bridgehead atoms. The highest BCUT2D eigenvalue weighted by molar-refractivity contribution is 9.09. The Balaban J connectivity index is 2.97. The number of hydrogen-bond donors (Lipinski definition) is 0. The molecule has 17 heavy (non-hydrogen) atoms. The van der Waals surface area contributed by atoms with Gasteiger partial charge in [-0.2, -0.15) is 0 Å². The van der Waals surface area contributed by atoms with Crippen LogP contribution >= 0.6 is 15.9 Å². The largest absolute Gasteiger partial charge is 0.290 e.